The number of hydrogen-bond donors (Lipinski definition) is 1. The van der Waals surface area contributed by atoms with Crippen LogP contribution in [0.25, 0.3) is 0 Å². The molecule has 0 spiro atoms. The third-order valence-corrected chi connectivity index (χ3v) is 2.97. The first-order chi connectivity index (χ1) is 9.17. The van der Waals surface area contributed by atoms with Crippen molar-refractivity contribution in [3.8, 4) is 5.75 Å². The molecule has 0 saturated carbocycles. The van der Waals surface area contributed by atoms with Gasteiger partial charge in [0, 0.05) is 0 Å². The van der Waals surface area contributed by atoms with Gasteiger partial charge in [-0.25, -0.2) is 4.39 Å². The van der Waals surface area contributed by atoms with E-state index in [0.717, 1.165) is 16.9 Å². The lowest BCUT2D eigenvalue weighted by molar-refractivity contribution is 0.175. The minimum Gasteiger partial charge on any atom is -0.497 e. The Morgan fingerprint density at radius 2 is 1.68 bits per heavy atom. The molecule has 19 heavy (non-hydrogen) atoms. The van der Waals surface area contributed by atoms with Crippen LogP contribution >= 0.6 is 0 Å². The van der Waals surface area contributed by atoms with Crippen molar-refractivity contribution in [3.63, 3.8) is 0 Å². The highest BCUT2D eigenvalue weighted by Gasteiger charge is 2.08. The van der Waals surface area contributed by atoms with E-state index in [-0.39, 0.29) is 5.82 Å². The third-order valence-electron chi connectivity index (χ3n) is 2.97. The second-order valence-corrected chi connectivity index (χ2v) is 4.54. The van der Waals surface area contributed by atoms with E-state index in [1.54, 1.807) is 13.2 Å². The molecule has 0 aliphatic carbocycles. The summed E-state index contributed by atoms with van der Waals surface area (Å²) in [6, 6.07) is 13.9. The first kappa shape index (κ1) is 13.6. The summed E-state index contributed by atoms with van der Waals surface area (Å²) in [6.07, 6.45) is 0.428. The molecular weight excluding hydrogens is 243 g/mol. The fourth-order valence-corrected chi connectivity index (χ4v) is 2.08. The molecule has 0 aromatic heterocycles. The SMILES string of the molecule is COc1cccc(CC(O)Cc2cccc(F)c2)c1. The normalized spacial score (nSPS) is 12.2. The average molecular weight is 260 g/mol. The summed E-state index contributed by atoms with van der Waals surface area (Å²) in [4.78, 5) is 0. The number of benzene rings is 2. The second kappa shape index (κ2) is 6.34. The van der Waals surface area contributed by atoms with E-state index in [1.807, 2.05) is 30.3 Å². The Labute approximate surface area is 112 Å². The summed E-state index contributed by atoms with van der Waals surface area (Å²) in [5.41, 5.74) is 1.80. The van der Waals surface area contributed by atoms with Gasteiger partial charge < -0.3 is 9.84 Å². The molecule has 0 heterocycles. The van der Waals surface area contributed by atoms with E-state index in [0.29, 0.717) is 12.8 Å². The maximum absolute atomic E-state index is 13.0. The highest BCUT2D eigenvalue weighted by atomic mass is 19.1. The van der Waals surface area contributed by atoms with E-state index in [2.05, 4.69) is 0 Å². The minimum absolute atomic E-state index is 0.272. The molecule has 0 aliphatic heterocycles. The van der Waals surface area contributed by atoms with Gasteiger partial charge in [0.25, 0.3) is 0 Å². The molecule has 3 heteroatoms. The quantitative estimate of drug-likeness (QED) is 0.895. The average Bonchev–Trinajstić information content (AvgIpc) is 2.38. The maximum Gasteiger partial charge on any atom is 0.123 e. The van der Waals surface area contributed by atoms with Crippen molar-refractivity contribution in [1.29, 1.82) is 0 Å². The molecule has 0 bridgehead atoms. The number of ether oxygens (including phenoxy) is 1. The Kier molecular flexibility index (Phi) is 4.53. The molecule has 100 valence electrons. The van der Waals surface area contributed by atoms with Gasteiger partial charge in [-0.3, -0.25) is 0 Å². The van der Waals surface area contributed by atoms with Crippen LogP contribution in [-0.2, 0) is 12.8 Å². The molecule has 0 saturated heterocycles. The maximum atomic E-state index is 13.0. The number of aliphatic hydroxyl groups excluding tert-OH is 1. The zero-order chi connectivity index (χ0) is 13.7. The third kappa shape index (κ3) is 4.07. The van der Waals surface area contributed by atoms with Crippen LogP contribution in [0.1, 0.15) is 11.1 Å². The van der Waals surface area contributed by atoms with E-state index in [9.17, 15) is 9.50 Å². The van der Waals surface area contributed by atoms with Crippen molar-refractivity contribution in [2.24, 2.45) is 0 Å². The first-order valence-corrected chi connectivity index (χ1v) is 6.23. The zero-order valence-corrected chi connectivity index (χ0v) is 10.8. The Hall–Kier alpha value is -1.87. The molecule has 1 N–H and O–H groups in total. The van der Waals surface area contributed by atoms with Crippen molar-refractivity contribution in [1.82, 2.24) is 0 Å². The number of hydrogen-bond acceptors (Lipinski definition) is 2. The monoisotopic (exact) mass is 260 g/mol. The lowest BCUT2D eigenvalue weighted by atomic mass is 10.0. The molecule has 2 rings (SSSR count). The first-order valence-electron chi connectivity index (χ1n) is 6.23. The van der Waals surface area contributed by atoms with Gasteiger partial charge in [-0.1, -0.05) is 24.3 Å². The molecule has 0 fully saturated rings. The molecule has 0 amide bonds. The molecule has 1 unspecified atom stereocenters. The summed E-state index contributed by atoms with van der Waals surface area (Å²) in [5, 5.41) is 10.0. The fraction of sp³-hybridized carbons (Fsp3) is 0.250. The number of rotatable bonds is 5. The van der Waals surface area contributed by atoms with Gasteiger partial charge in [-0.2, -0.15) is 0 Å². The van der Waals surface area contributed by atoms with Crippen molar-refractivity contribution in [2.45, 2.75) is 18.9 Å². The van der Waals surface area contributed by atoms with E-state index >= 15 is 0 Å². The molecule has 0 aliphatic rings. The van der Waals surface area contributed by atoms with Gasteiger partial charge in [0.15, 0.2) is 0 Å². The van der Waals surface area contributed by atoms with Crippen molar-refractivity contribution >= 4 is 0 Å². The Bertz CT molecular complexity index is 540. The van der Waals surface area contributed by atoms with Crippen molar-refractivity contribution in [2.75, 3.05) is 7.11 Å². The molecule has 1 atom stereocenters. The lowest BCUT2D eigenvalue weighted by Crippen LogP contribution is -2.14. The van der Waals surface area contributed by atoms with Crippen LogP contribution in [0.5, 0.6) is 5.75 Å². The van der Waals surface area contributed by atoms with Crippen molar-refractivity contribution in [3.05, 3.63) is 65.5 Å². The zero-order valence-electron chi connectivity index (χ0n) is 10.8. The van der Waals surface area contributed by atoms with Crippen LogP contribution in [-0.4, -0.2) is 18.3 Å². The highest BCUT2D eigenvalue weighted by molar-refractivity contribution is 5.29. The van der Waals surface area contributed by atoms with Crippen LogP contribution in [0.3, 0.4) is 0 Å². The highest BCUT2D eigenvalue weighted by Crippen LogP contribution is 2.15. The summed E-state index contributed by atoms with van der Waals surface area (Å²) in [6.45, 7) is 0. The lowest BCUT2D eigenvalue weighted by Gasteiger charge is -2.11. The molecule has 2 nitrogen and oxygen atoms in total. The van der Waals surface area contributed by atoms with Gasteiger partial charge in [0.1, 0.15) is 11.6 Å². The van der Waals surface area contributed by atoms with Gasteiger partial charge in [0.2, 0.25) is 0 Å². The van der Waals surface area contributed by atoms with Crippen LogP contribution in [0.2, 0.25) is 0 Å². The Morgan fingerprint density at radius 3 is 2.32 bits per heavy atom. The largest absolute Gasteiger partial charge is 0.497 e. The molecule has 0 radical (unpaired) electrons. The number of halogens is 1. The smallest absolute Gasteiger partial charge is 0.123 e. The van der Waals surface area contributed by atoms with E-state index < -0.39 is 6.10 Å². The topological polar surface area (TPSA) is 29.5 Å². The Morgan fingerprint density at radius 1 is 1.05 bits per heavy atom. The van der Waals surface area contributed by atoms with E-state index in [1.165, 1.54) is 12.1 Å². The summed E-state index contributed by atoms with van der Waals surface area (Å²) >= 11 is 0. The molecule has 2 aromatic rings. The van der Waals surface area contributed by atoms with Crippen LogP contribution in [0, 0.1) is 5.82 Å². The predicted molar refractivity (Wildman–Crippen MR) is 72.8 cm³/mol. The standard InChI is InChI=1S/C16H17FO2/c1-19-16-7-3-5-13(11-16)10-15(18)9-12-4-2-6-14(17)8-12/h2-8,11,15,18H,9-10H2,1H3. The van der Waals surface area contributed by atoms with Gasteiger partial charge in [-0.05, 0) is 48.2 Å². The van der Waals surface area contributed by atoms with Crippen LogP contribution in [0.4, 0.5) is 4.39 Å². The van der Waals surface area contributed by atoms with Gasteiger partial charge >= 0.3 is 0 Å². The number of aliphatic hydroxyl groups is 1. The van der Waals surface area contributed by atoms with Gasteiger partial charge in [-0.15, -0.1) is 0 Å². The second-order valence-electron chi connectivity index (χ2n) is 4.54. The summed E-state index contributed by atoms with van der Waals surface area (Å²) in [5.74, 6) is 0.501. The summed E-state index contributed by atoms with van der Waals surface area (Å²) < 4.78 is 18.2. The van der Waals surface area contributed by atoms with E-state index in [4.69, 9.17) is 4.74 Å². The fourth-order valence-electron chi connectivity index (χ4n) is 2.08. The number of methoxy groups -OCH3 is 1. The predicted octanol–water partition coefficient (Wildman–Crippen LogP) is 2.98. The molecular formula is C16H17FO2. The minimum atomic E-state index is -0.533. The van der Waals surface area contributed by atoms with Crippen molar-refractivity contribution < 1.29 is 14.2 Å². The van der Waals surface area contributed by atoms with Gasteiger partial charge in [0.05, 0.1) is 13.2 Å². The summed E-state index contributed by atoms with van der Waals surface area (Å²) in [7, 11) is 1.61. The Balaban J connectivity index is 1.98. The van der Waals surface area contributed by atoms with Crippen LogP contribution in [0.15, 0.2) is 48.5 Å². The molecule has 2 aromatic carbocycles. The van der Waals surface area contributed by atoms with Crippen LogP contribution < -0.4 is 4.74 Å².